The van der Waals surface area contributed by atoms with Crippen molar-refractivity contribution in [2.24, 2.45) is 0 Å². The van der Waals surface area contributed by atoms with Gasteiger partial charge in [-0.3, -0.25) is 9.47 Å². The normalized spacial score (nSPS) is 18.7. The summed E-state index contributed by atoms with van der Waals surface area (Å²) in [4.78, 5) is 15.9. The second-order valence-corrected chi connectivity index (χ2v) is 7.02. The number of oxazole rings is 1. The van der Waals surface area contributed by atoms with Gasteiger partial charge in [0.15, 0.2) is 5.58 Å². The maximum Gasteiger partial charge on any atom is 0.421 e. The van der Waals surface area contributed by atoms with Crippen LogP contribution in [0.4, 0.5) is 0 Å². The molecule has 0 N–H and O–H groups in total. The molecule has 114 valence electrons. The molecule has 1 aliphatic rings. The van der Waals surface area contributed by atoms with Gasteiger partial charge in [0, 0.05) is 28.6 Å². The van der Waals surface area contributed by atoms with Gasteiger partial charge in [-0.05, 0) is 42.5 Å². The Morgan fingerprint density at radius 3 is 3.14 bits per heavy atom. The Morgan fingerprint density at radius 1 is 1.41 bits per heavy atom. The van der Waals surface area contributed by atoms with E-state index in [4.69, 9.17) is 16.0 Å². The van der Waals surface area contributed by atoms with Crippen molar-refractivity contribution in [2.45, 2.75) is 26.1 Å². The summed E-state index contributed by atoms with van der Waals surface area (Å²) in [6, 6.07) is 7.80. The lowest BCUT2D eigenvalue weighted by molar-refractivity contribution is 0.151. The Morgan fingerprint density at radius 2 is 2.27 bits per heavy atom. The molecule has 0 radical (unpaired) electrons. The van der Waals surface area contributed by atoms with Gasteiger partial charge in [-0.25, -0.2) is 4.79 Å². The predicted octanol–water partition coefficient (Wildman–Crippen LogP) is 3.89. The number of halogens is 1. The predicted molar refractivity (Wildman–Crippen MR) is 88.6 cm³/mol. The molecule has 3 aromatic rings. The molecule has 4 nitrogen and oxygen atoms in total. The second kappa shape index (κ2) is 5.26. The Balaban J connectivity index is 1.70. The van der Waals surface area contributed by atoms with Crippen LogP contribution in [0.2, 0.25) is 5.02 Å². The zero-order valence-corrected chi connectivity index (χ0v) is 13.7. The van der Waals surface area contributed by atoms with E-state index in [-0.39, 0.29) is 5.76 Å². The molecular weight excluding hydrogens is 320 g/mol. The summed E-state index contributed by atoms with van der Waals surface area (Å²) < 4.78 is 6.99. The molecule has 6 heteroatoms. The average Bonchev–Trinajstić information content (AvgIpc) is 3.07. The first kappa shape index (κ1) is 14.1. The molecule has 0 aliphatic carbocycles. The second-order valence-electron chi connectivity index (χ2n) is 5.59. The molecule has 1 aromatic carbocycles. The van der Waals surface area contributed by atoms with Gasteiger partial charge in [0.2, 0.25) is 0 Å². The Hall–Kier alpha value is -1.56. The number of hydrogen-bond acceptors (Lipinski definition) is 4. The Bertz CT molecular complexity index is 895. The van der Waals surface area contributed by atoms with Crippen LogP contribution in [0.3, 0.4) is 0 Å². The summed E-state index contributed by atoms with van der Waals surface area (Å²) in [6.07, 6.45) is 1.04. The van der Waals surface area contributed by atoms with Crippen molar-refractivity contribution >= 4 is 34.0 Å². The van der Waals surface area contributed by atoms with E-state index >= 15 is 0 Å². The molecule has 22 heavy (non-hydrogen) atoms. The molecule has 3 heterocycles. The largest absolute Gasteiger partial charge is 0.421 e. The number of hydrogen-bond donors (Lipinski definition) is 0. The van der Waals surface area contributed by atoms with Gasteiger partial charge in [0.05, 0.1) is 12.2 Å². The van der Waals surface area contributed by atoms with Crippen LogP contribution in [0.15, 0.2) is 38.9 Å². The third-order valence-electron chi connectivity index (χ3n) is 4.36. The lowest BCUT2D eigenvalue weighted by Crippen LogP contribution is -2.36. The molecule has 1 unspecified atom stereocenters. The molecule has 2 aromatic heterocycles. The minimum Gasteiger partial charge on any atom is -0.408 e. The number of nitrogens with zero attached hydrogens (tertiary/aromatic N) is 2. The van der Waals surface area contributed by atoms with Crippen molar-refractivity contribution in [3.05, 3.63) is 55.7 Å². The molecular formula is C16H15ClN2O2S. The molecule has 1 aliphatic heterocycles. The SMILES string of the molecule is CC1c2ccsc2CCN1Cn1c(=O)oc2cc(Cl)ccc21. The smallest absolute Gasteiger partial charge is 0.408 e. The van der Waals surface area contributed by atoms with Crippen LogP contribution in [0.25, 0.3) is 11.1 Å². The molecule has 0 fully saturated rings. The summed E-state index contributed by atoms with van der Waals surface area (Å²) >= 11 is 7.78. The molecule has 0 saturated carbocycles. The fraction of sp³-hybridized carbons (Fsp3) is 0.312. The van der Waals surface area contributed by atoms with Gasteiger partial charge >= 0.3 is 5.76 Å². The van der Waals surface area contributed by atoms with Crippen LogP contribution in [0.5, 0.6) is 0 Å². The maximum absolute atomic E-state index is 12.2. The van der Waals surface area contributed by atoms with E-state index < -0.39 is 0 Å². The van der Waals surface area contributed by atoms with E-state index in [2.05, 4.69) is 23.3 Å². The van der Waals surface area contributed by atoms with E-state index in [1.54, 1.807) is 16.7 Å². The minimum absolute atomic E-state index is 0.305. The first-order chi connectivity index (χ1) is 10.6. The van der Waals surface area contributed by atoms with E-state index in [1.165, 1.54) is 10.4 Å². The number of rotatable bonds is 2. The van der Waals surface area contributed by atoms with Gasteiger partial charge in [-0.15, -0.1) is 11.3 Å². The van der Waals surface area contributed by atoms with E-state index in [1.807, 2.05) is 17.4 Å². The highest BCUT2D eigenvalue weighted by atomic mass is 35.5. The van der Waals surface area contributed by atoms with E-state index in [0.717, 1.165) is 18.5 Å². The van der Waals surface area contributed by atoms with Crippen LogP contribution in [0.1, 0.15) is 23.4 Å². The highest BCUT2D eigenvalue weighted by Crippen LogP contribution is 2.33. The Labute approximate surface area is 136 Å². The first-order valence-electron chi connectivity index (χ1n) is 7.22. The third-order valence-corrected chi connectivity index (χ3v) is 5.59. The maximum atomic E-state index is 12.2. The van der Waals surface area contributed by atoms with Crippen molar-refractivity contribution in [3.63, 3.8) is 0 Å². The standard InChI is InChI=1S/C16H15ClN2O2S/c1-10-12-5-7-22-15(12)4-6-18(10)9-19-13-3-2-11(17)8-14(13)21-16(19)20/h2-3,5,7-8,10H,4,6,9H2,1H3. The average molecular weight is 335 g/mol. The van der Waals surface area contributed by atoms with Crippen molar-refractivity contribution in [3.8, 4) is 0 Å². The Kier molecular flexibility index (Phi) is 3.36. The van der Waals surface area contributed by atoms with Gasteiger partial charge in [-0.1, -0.05) is 11.6 Å². The van der Waals surface area contributed by atoms with Crippen molar-refractivity contribution in [1.29, 1.82) is 0 Å². The highest BCUT2D eigenvalue weighted by Gasteiger charge is 2.25. The molecule has 0 spiro atoms. The van der Waals surface area contributed by atoms with Crippen LogP contribution in [0, 0.1) is 0 Å². The molecule has 0 saturated heterocycles. The van der Waals surface area contributed by atoms with Gasteiger partial charge in [0.1, 0.15) is 0 Å². The lowest BCUT2D eigenvalue weighted by atomic mass is 10.0. The van der Waals surface area contributed by atoms with Crippen LogP contribution in [-0.2, 0) is 13.1 Å². The first-order valence-corrected chi connectivity index (χ1v) is 8.48. The molecule has 4 rings (SSSR count). The number of aromatic nitrogens is 1. The summed E-state index contributed by atoms with van der Waals surface area (Å²) in [5.41, 5.74) is 2.70. The summed E-state index contributed by atoms with van der Waals surface area (Å²) in [5.74, 6) is -0.333. The van der Waals surface area contributed by atoms with Crippen molar-refractivity contribution < 1.29 is 4.42 Å². The fourth-order valence-electron chi connectivity index (χ4n) is 3.11. The van der Waals surface area contributed by atoms with Crippen molar-refractivity contribution in [1.82, 2.24) is 9.47 Å². The lowest BCUT2D eigenvalue weighted by Gasteiger charge is -2.33. The zero-order chi connectivity index (χ0) is 15.3. The van der Waals surface area contributed by atoms with Gasteiger partial charge < -0.3 is 4.42 Å². The highest BCUT2D eigenvalue weighted by molar-refractivity contribution is 7.10. The monoisotopic (exact) mass is 334 g/mol. The van der Waals surface area contributed by atoms with E-state index in [0.29, 0.717) is 23.3 Å². The fourth-order valence-corrected chi connectivity index (χ4v) is 4.24. The summed E-state index contributed by atoms with van der Waals surface area (Å²) in [6.45, 7) is 3.67. The number of thiophene rings is 1. The third kappa shape index (κ3) is 2.20. The van der Waals surface area contributed by atoms with Crippen LogP contribution in [-0.4, -0.2) is 16.0 Å². The minimum atomic E-state index is -0.333. The molecule has 0 amide bonds. The topological polar surface area (TPSA) is 38.4 Å². The molecule has 1 atom stereocenters. The van der Waals surface area contributed by atoms with Gasteiger partial charge in [0.25, 0.3) is 0 Å². The van der Waals surface area contributed by atoms with E-state index in [9.17, 15) is 4.79 Å². The van der Waals surface area contributed by atoms with Gasteiger partial charge in [-0.2, -0.15) is 0 Å². The zero-order valence-electron chi connectivity index (χ0n) is 12.1. The summed E-state index contributed by atoms with van der Waals surface area (Å²) in [7, 11) is 0. The quantitative estimate of drug-likeness (QED) is 0.713. The summed E-state index contributed by atoms with van der Waals surface area (Å²) in [5, 5.41) is 2.72. The van der Waals surface area contributed by atoms with Crippen LogP contribution >= 0.6 is 22.9 Å². The van der Waals surface area contributed by atoms with Crippen LogP contribution < -0.4 is 5.76 Å². The number of benzene rings is 1. The van der Waals surface area contributed by atoms with Crippen molar-refractivity contribution in [2.75, 3.05) is 6.54 Å². The molecule has 0 bridgehead atoms. The number of fused-ring (bicyclic) bond motifs is 2.